The van der Waals surface area contributed by atoms with Crippen molar-refractivity contribution in [2.24, 2.45) is 7.05 Å². The van der Waals surface area contributed by atoms with Gasteiger partial charge in [-0.05, 0) is 46.8 Å². The number of aryl methyl sites for hydroxylation is 2. The number of aromatic nitrogens is 1. The fourth-order valence-electron chi connectivity index (χ4n) is 3.98. The molecule has 0 aliphatic heterocycles. The van der Waals surface area contributed by atoms with Crippen LogP contribution in [0, 0.1) is 6.92 Å². The lowest BCUT2D eigenvalue weighted by molar-refractivity contribution is -0.633. The van der Waals surface area contributed by atoms with E-state index in [9.17, 15) is 0 Å². The van der Waals surface area contributed by atoms with E-state index in [1.807, 2.05) is 11.3 Å². The minimum Gasteiger partial charge on any atom is -0.194 e. The van der Waals surface area contributed by atoms with Gasteiger partial charge in [0.05, 0.1) is 5.56 Å². The third kappa shape index (κ3) is 2.04. The van der Waals surface area contributed by atoms with Crippen LogP contribution in [-0.2, 0) is 7.05 Å². The Balaban J connectivity index is 1.97. The van der Waals surface area contributed by atoms with Crippen LogP contribution < -0.4 is 4.57 Å². The van der Waals surface area contributed by atoms with Crippen molar-refractivity contribution >= 4 is 43.1 Å². The lowest BCUT2D eigenvalue weighted by Crippen LogP contribution is -2.32. The zero-order valence-corrected chi connectivity index (χ0v) is 15.1. The summed E-state index contributed by atoms with van der Waals surface area (Å²) in [6, 6.07) is 24.1. The van der Waals surface area contributed by atoms with E-state index in [0.29, 0.717) is 0 Å². The molecule has 0 atom stereocenters. The van der Waals surface area contributed by atoms with Crippen LogP contribution in [0.15, 0.2) is 72.1 Å². The highest BCUT2D eigenvalue weighted by atomic mass is 32.1. The summed E-state index contributed by atoms with van der Waals surface area (Å²) in [5, 5.41) is 7.54. The van der Waals surface area contributed by atoms with Crippen molar-refractivity contribution in [2.45, 2.75) is 6.92 Å². The van der Waals surface area contributed by atoms with Crippen molar-refractivity contribution in [2.75, 3.05) is 0 Å². The predicted molar refractivity (Wildman–Crippen MR) is 108 cm³/mol. The largest absolute Gasteiger partial charge is 0.213 e. The molecule has 0 N–H and O–H groups in total. The average molecular weight is 340 g/mol. The first-order valence-electron chi connectivity index (χ1n) is 8.52. The molecule has 25 heavy (non-hydrogen) atoms. The minimum absolute atomic E-state index is 1.26. The van der Waals surface area contributed by atoms with E-state index in [0.717, 1.165) is 0 Å². The molecule has 0 bridgehead atoms. The second kappa shape index (κ2) is 5.40. The van der Waals surface area contributed by atoms with Crippen molar-refractivity contribution in [3.63, 3.8) is 0 Å². The average Bonchev–Trinajstić information content (AvgIpc) is 3.13. The first-order chi connectivity index (χ1) is 12.3. The summed E-state index contributed by atoms with van der Waals surface area (Å²) in [4.78, 5) is 0. The van der Waals surface area contributed by atoms with Gasteiger partial charge in [0.15, 0.2) is 0 Å². The molecule has 0 unspecified atom stereocenters. The van der Waals surface area contributed by atoms with E-state index in [-0.39, 0.29) is 0 Å². The summed E-state index contributed by atoms with van der Waals surface area (Å²) in [5.41, 5.74) is 5.23. The molecule has 120 valence electrons. The summed E-state index contributed by atoms with van der Waals surface area (Å²) < 4.78 is 3.70. The highest BCUT2D eigenvalue weighted by molar-refractivity contribution is 7.18. The zero-order valence-electron chi connectivity index (χ0n) is 14.3. The highest BCUT2D eigenvalue weighted by Crippen LogP contribution is 2.40. The fraction of sp³-hybridized carbons (Fsp3) is 0.0870. The van der Waals surface area contributed by atoms with Gasteiger partial charge in [-0.15, -0.1) is 11.3 Å². The predicted octanol–water partition coefficient (Wildman–Crippen LogP) is 6.01. The number of para-hydroxylation sites is 1. The van der Waals surface area contributed by atoms with Crippen molar-refractivity contribution in [3.8, 4) is 11.3 Å². The third-order valence-corrected chi connectivity index (χ3v) is 6.17. The molecule has 3 aromatic carbocycles. The topological polar surface area (TPSA) is 3.88 Å². The second-order valence-corrected chi connectivity index (χ2v) is 7.46. The Kier molecular flexibility index (Phi) is 3.16. The van der Waals surface area contributed by atoms with Gasteiger partial charge >= 0.3 is 0 Å². The van der Waals surface area contributed by atoms with Crippen LogP contribution in [0.5, 0.6) is 0 Å². The van der Waals surface area contributed by atoms with E-state index in [1.54, 1.807) is 0 Å². The Morgan fingerprint density at radius 2 is 1.52 bits per heavy atom. The third-order valence-electron chi connectivity index (χ3n) is 5.22. The number of nitrogens with zero attached hydrogens (tertiary/aromatic N) is 1. The molecule has 0 fully saturated rings. The molecule has 0 spiro atoms. The molecule has 5 rings (SSSR count). The van der Waals surface area contributed by atoms with Gasteiger partial charge in [0.25, 0.3) is 0 Å². The van der Waals surface area contributed by atoms with Gasteiger partial charge < -0.3 is 0 Å². The van der Waals surface area contributed by atoms with Gasteiger partial charge in [-0.3, -0.25) is 0 Å². The Hall–Kier alpha value is -2.71. The number of rotatable bonds is 1. The molecule has 1 nitrogen and oxygen atoms in total. The van der Waals surface area contributed by atoms with Gasteiger partial charge in [0.2, 0.25) is 11.2 Å². The quantitative estimate of drug-likeness (QED) is 0.329. The minimum atomic E-state index is 1.26. The lowest BCUT2D eigenvalue weighted by Gasteiger charge is -2.12. The van der Waals surface area contributed by atoms with Crippen LogP contribution in [-0.4, -0.2) is 0 Å². The van der Waals surface area contributed by atoms with Crippen LogP contribution in [0.3, 0.4) is 0 Å². The Bertz CT molecular complexity index is 1260. The van der Waals surface area contributed by atoms with E-state index in [4.69, 9.17) is 0 Å². The molecule has 0 amide bonds. The molecule has 2 heterocycles. The van der Waals surface area contributed by atoms with Crippen molar-refractivity contribution < 1.29 is 4.57 Å². The first kappa shape index (κ1) is 14.6. The van der Waals surface area contributed by atoms with Gasteiger partial charge in [0.1, 0.15) is 7.05 Å². The summed E-state index contributed by atoms with van der Waals surface area (Å²) in [6.45, 7) is 2.25. The zero-order chi connectivity index (χ0) is 17.0. The molecule has 5 aromatic rings. The maximum absolute atomic E-state index is 2.32. The Morgan fingerprint density at radius 1 is 0.760 bits per heavy atom. The van der Waals surface area contributed by atoms with Crippen LogP contribution >= 0.6 is 11.3 Å². The van der Waals surface area contributed by atoms with E-state index < -0.39 is 0 Å². The number of hydrogen-bond donors (Lipinski definition) is 0. The first-order valence-corrected chi connectivity index (χ1v) is 9.40. The molecular formula is C23H18NS+. The monoisotopic (exact) mass is 340 g/mol. The summed E-state index contributed by atoms with van der Waals surface area (Å²) in [6.07, 6.45) is 0. The van der Waals surface area contributed by atoms with Crippen LogP contribution in [0.4, 0.5) is 0 Å². The molecule has 0 saturated heterocycles. The Morgan fingerprint density at radius 3 is 2.40 bits per heavy atom. The standard InChI is InChI=1S/C23H18NS/c1-15-17-8-4-5-9-18(17)23-19(13-14-25-23)22(15)21-12-11-16-7-3-6-10-20(16)24(21)2/h3-14H,1-2H3/q+1. The highest BCUT2D eigenvalue weighted by Gasteiger charge is 2.21. The van der Waals surface area contributed by atoms with Crippen molar-refractivity contribution in [3.05, 3.63) is 77.7 Å². The van der Waals surface area contributed by atoms with Gasteiger partial charge in [-0.25, -0.2) is 0 Å². The molecule has 2 heteroatoms. The number of thiophene rings is 1. The molecule has 0 saturated carbocycles. The fourth-order valence-corrected chi connectivity index (χ4v) is 4.93. The van der Waals surface area contributed by atoms with E-state index >= 15 is 0 Å². The second-order valence-electron chi connectivity index (χ2n) is 6.55. The molecular weight excluding hydrogens is 322 g/mol. The molecule has 0 aliphatic carbocycles. The number of pyridine rings is 1. The van der Waals surface area contributed by atoms with Crippen LogP contribution in [0.25, 0.3) is 43.0 Å². The van der Waals surface area contributed by atoms with Gasteiger partial charge in [-0.2, -0.15) is 4.57 Å². The van der Waals surface area contributed by atoms with Crippen molar-refractivity contribution in [1.82, 2.24) is 0 Å². The number of hydrogen-bond acceptors (Lipinski definition) is 1. The lowest BCUT2D eigenvalue weighted by atomic mass is 9.94. The summed E-state index contributed by atoms with van der Waals surface area (Å²) in [7, 11) is 2.17. The number of fused-ring (bicyclic) bond motifs is 4. The normalized spacial score (nSPS) is 11.6. The van der Waals surface area contributed by atoms with Crippen LogP contribution in [0.1, 0.15) is 5.56 Å². The maximum atomic E-state index is 2.32. The molecule has 0 aliphatic rings. The van der Waals surface area contributed by atoms with Crippen molar-refractivity contribution in [1.29, 1.82) is 0 Å². The van der Waals surface area contributed by atoms with Gasteiger partial charge in [0, 0.05) is 27.6 Å². The summed E-state index contributed by atoms with van der Waals surface area (Å²) >= 11 is 1.83. The van der Waals surface area contributed by atoms with Crippen LogP contribution in [0.2, 0.25) is 0 Å². The molecule has 0 radical (unpaired) electrons. The Labute approximate surface area is 150 Å². The molecule has 2 aromatic heterocycles. The van der Waals surface area contributed by atoms with E-state index in [2.05, 4.69) is 90.6 Å². The maximum Gasteiger partial charge on any atom is 0.213 e. The SMILES string of the molecule is Cc1c(-c2ccc3ccccc3[n+]2C)c2ccsc2c2ccccc12. The van der Waals surface area contributed by atoms with E-state index in [1.165, 1.54) is 48.6 Å². The van der Waals surface area contributed by atoms with Gasteiger partial charge in [-0.1, -0.05) is 36.4 Å². The smallest absolute Gasteiger partial charge is 0.194 e. The number of benzene rings is 3. The summed E-state index contributed by atoms with van der Waals surface area (Å²) in [5.74, 6) is 0.